The van der Waals surface area contributed by atoms with Crippen LogP contribution in [0.15, 0.2) is 10.8 Å². The molecule has 15 heavy (non-hydrogen) atoms. The fourth-order valence-corrected chi connectivity index (χ4v) is 2.73. The highest BCUT2D eigenvalue weighted by Crippen LogP contribution is 2.21. The number of hydrogen-bond donors (Lipinski definition) is 1. The number of hydrogen-bond acceptors (Lipinski definition) is 3. The summed E-state index contributed by atoms with van der Waals surface area (Å²) in [6.45, 7) is 5.55. The van der Waals surface area contributed by atoms with Crippen LogP contribution in [0.25, 0.3) is 0 Å². The molecular weight excluding hydrogens is 208 g/mol. The summed E-state index contributed by atoms with van der Waals surface area (Å²) in [7, 11) is 0. The molecule has 1 aromatic heterocycles. The van der Waals surface area contributed by atoms with Gasteiger partial charge >= 0.3 is 0 Å². The van der Waals surface area contributed by atoms with Crippen LogP contribution in [-0.2, 0) is 0 Å². The van der Waals surface area contributed by atoms with E-state index < -0.39 is 0 Å². The van der Waals surface area contributed by atoms with E-state index in [1.54, 1.807) is 11.3 Å². The summed E-state index contributed by atoms with van der Waals surface area (Å²) in [4.78, 5) is 14.0. The molecule has 2 unspecified atom stereocenters. The number of likely N-dealkylation sites (tertiary alicyclic amines) is 1. The third kappa shape index (κ3) is 1.92. The lowest BCUT2D eigenvalue weighted by Gasteiger charge is -2.15. The Balaban J connectivity index is 2.13. The van der Waals surface area contributed by atoms with Crippen molar-refractivity contribution in [2.75, 3.05) is 13.1 Å². The fourth-order valence-electron chi connectivity index (χ4n) is 1.91. The number of amides is 1. The first-order valence-electron chi connectivity index (χ1n) is 5.17. The monoisotopic (exact) mass is 224 g/mol. The molecule has 0 bridgehead atoms. The first-order chi connectivity index (χ1) is 7.09. The Bertz CT molecular complexity index is 364. The van der Waals surface area contributed by atoms with Gasteiger partial charge in [0.2, 0.25) is 0 Å². The molecule has 1 fully saturated rings. The van der Waals surface area contributed by atoms with E-state index in [1.165, 1.54) is 0 Å². The molecule has 2 heterocycles. The summed E-state index contributed by atoms with van der Waals surface area (Å²) in [5, 5.41) is 3.93. The minimum atomic E-state index is 0.132. The summed E-state index contributed by atoms with van der Waals surface area (Å²) < 4.78 is 0. The largest absolute Gasteiger partial charge is 0.337 e. The Labute approximate surface area is 93.9 Å². The number of aryl methyl sites for hydroxylation is 1. The van der Waals surface area contributed by atoms with Gasteiger partial charge in [-0.2, -0.15) is 11.3 Å². The highest BCUT2D eigenvalue weighted by Gasteiger charge is 2.30. The average Bonchev–Trinajstić information content (AvgIpc) is 2.74. The molecule has 1 aliphatic rings. The van der Waals surface area contributed by atoms with Gasteiger partial charge in [0.15, 0.2) is 0 Å². The van der Waals surface area contributed by atoms with Crippen molar-refractivity contribution in [3.8, 4) is 0 Å². The van der Waals surface area contributed by atoms with Crippen molar-refractivity contribution in [1.82, 2.24) is 4.90 Å². The van der Waals surface area contributed by atoms with Gasteiger partial charge in [0.05, 0.1) is 5.56 Å². The summed E-state index contributed by atoms with van der Waals surface area (Å²) in [6, 6.07) is 0.132. The van der Waals surface area contributed by atoms with Gasteiger partial charge in [-0.3, -0.25) is 4.79 Å². The predicted molar refractivity (Wildman–Crippen MR) is 62.1 cm³/mol. The second-order valence-corrected chi connectivity index (χ2v) is 5.06. The van der Waals surface area contributed by atoms with Gasteiger partial charge in [0, 0.05) is 24.5 Å². The third-order valence-electron chi connectivity index (χ3n) is 3.04. The van der Waals surface area contributed by atoms with Gasteiger partial charge in [-0.25, -0.2) is 0 Å². The molecule has 2 rings (SSSR count). The van der Waals surface area contributed by atoms with Gasteiger partial charge in [-0.15, -0.1) is 0 Å². The number of carbonyl (C=O) groups excluding carboxylic acids is 1. The molecule has 0 aliphatic carbocycles. The molecular formula is C11H16N2OS. The topological polar surface area (TPSA) is 46.3 Å². The van der Waals surface area contributed by atoms with Gasteiger partial charge in [0.1, 0.15) is 0 Å². The molecule has 1 saturated heterocycles. The van der Waals surface area contributed by atoms with Crippen molar-refractivity contribution in [2.45, 2.75) is 19.9 Å². The van der Waals surface area contributed by atoms with E-state index >= 15 is 0 Å². The van der Waals surface area contributed by atoms with Gasteiger partial charge in [-0.1, -0.05) is 6.92 Å². The third-order valence-corrected chi connectivity index (χ3v) is 3.91. The zero-order chi connectivity index (χ0) is 11.0. The maximum atomic E-state index is 12.1. The number of nitrogens with two attached hydrogens (primary N) is 1. The lowest BCUT2D eigenvalue weighted by atomic mass is 10.1. The van der Waals surface area contributed by atoms with Crippen LogP contribution in [0.1, 0.15) is 22.8 Å². The van der Waals surface area contributed by atoms with Crippen LogP contribution in [0.5, 0.6) is 0 Å². The first kappa shape index (κ1) is 10.6. The van der Waals surface area contributed by atoms with Crippen molar-refractivity contribution in [3.63, 3.8) is 0 Å². The van der Waals surface area contributed by atoms with E-state index in [0.29, 0.717) is 12.5 Å². The standard InChI is InChI=1S/C11H16N2OS/c1-7-3-13(4-10(7)12)11(14)9-6-15-5-8(9)2/h5-7,10H,3-4,12H2,1-2H3. The highest BCUT2D eigenvalue weighted by atomic mass is 32.1. The van der Waals surface area contributed by atoms with Crippen LogP contribution in [0.3, 0.4) is 0 Å². The van der Waals surface area contributed by atoms with Crippen molar-refractivity contribution >= 4 is 17.2 Å². The Morgan fingerprint density at radius 3 is 2.73 bits per heavy atom. The molecule has 0 spiro atoms. The smallest absolute Gasteiger partial charge is 0.255 e. The highest BCUT2D eigenvalue weighted by molar-refractivity contribution is 7.08. The Morgan fingerprint density at radius 1 is 1.53 bits per heavy atom. The fraction of sp³-hybridized carbons (Fsp3) is 0.545. The van der Waals surface area contributed by atoms with Crippen LogP contribution in [-0.4, -0.2) is 29.9 Å². The van der Waals surface area contributed by atoms with Crippen LogP contribution >= 0.6 is 11.3 Å². The summed E-state index contributed by atoms with van der Waals surface area (Å²) in [6.07, 6.45) is 0. The molecule has 0 radical (unpaired) electrons. The van der Waals surface area contributed by atoms with Crippen LogP contribution in [0, 0.1) is 12.8 Å². The molecule has 1 aliphatic heterocycles. The molecule has 0 aromatic carbocycles. The summed E-state index contributed by atoms with van der Waals surface area (Å²) >= 11 is 1.58. The molecule has 4 heteroatoms. The zero-order valence-electron chi connectivity index (χ0n) is 9.06. The SMILES string of the molecule is Cc1cscc1C(=O)N1CC(C)C(N)C1. The quantitative estimate of drug-likeness (QED) is 0.785. The van der Waals surface area contributed by atoms with E-state index in [9.17, 15) is 4.79 Å². The molecule has 3 nitrogen and oxygen atoms in total. The van der Waals surface area contributed by atoms with Crippen molar-refractivity contribution in [2.24, 2.45) is 11.7 Å². The Morgan fingerprint density at radius 2 is 2.27 bits per heavy atom. The van der Waals surface area contributed by atoms with Crippen LogP contribution < -0.4 is 5.73 Å². The minimum absolute atomic E-state index is 0.132. The van der Waals surface area contributed by atoms with Crippen LogP contribution in [0.2, 0.25) is 0 Å². The van der Waals surface area contributed by atoms with E-state index in [2.05, 4.69) is 6.92 Å². The molecule has 2 N–H and O–H groups in total. The first-order valence-corrected chi connectivity index (χ1v) is 6.11. The number of rotatable bonds is 1. The number of nitrogens with zero attached hydrogens (tertiary/aromatic N) is 1. The van der Waals surface area contributed by atoms with Gasteiger partial charge in [-0.05, 0) is 23.8 Å². The summed E-state index contributed by atoms with van der Waals surface area (Å²) in [5.74, 6) is 0.543. The predicted octanol–water partition coefficient (Wildman–Crippen LogP) is 1.48. The lowest BCUT2D eigenvalue weighted by molar-refractivity contribution is 0.0786. The zero-order valence-corrected chi connectivity index (χ0v) is 9.88. The van der Waals surface area contributed by atoms with Crippen molar-refractivity contribution in [1.29, 1.82) is 0 Å². The second-order valence-electron chi connectivity index (χ2n) is 4.32. The number of thiophene rings is 1. The Hall–Kier alpha value is -0.870. The van der Waals surface area contributed by atoms with E-state index in [4.69, 9.17) is 5.73 Å². The summed E-state index contributed by atoms with van der Waals surface area (Å²) in [5.41, 5.74) is 7.81. The normalized spacial score (nSPS) is 25.9. The van der Waals surface area contributed by atoms with Gasteiger partial charge < -0.3 is 10.6 Å². The van der Waals surface area contributed by atoms with Crippen molar-refractivity contribution in [3.05, 3.63) is 21.9 Å². The van der Waals surface area contributed by atoms with Crippen molar-refractivity contribution < 1.29 is 4.79 Å². The van der Waals surface area contributed by atoms with Crippen LogP contribution in [0.4, 0.5) is 0 Å². The number of carbonyl (C=O) groups is 1. The second kappa shape index (κ2) is 3.94. The maximum Gasteiger partial charge on any atom is 0.255 e. The van der Waals surface area contributed by atoms with E-state index in [1.807, 2.05) is 22.6 Å². The van der Waals surface area contributed by atoms with Gasteiger partial charge in [0.25, 0.3) is 5.91 Å². The van der Waals surface area contributed by atoms with E-state index in [-0.39, 0.29) is 11.9 Å². The average molecular weight is 224 g/mol. The molecule has 0 saturated carbocycles. The molecule has 2 atom stereocenters. The minimum Gasteiger partial charge on any atom is -0.337 e. The lowest BCUT2D eigenvalue weighted by Crippen LogP contribution is -2.32. The molecule has 1 amide bonds. The maximum absolute atomic E-state index is 12.1. The molecule has 1 aromatic rings. The Kier molecular flexibility index (Phi) is 2.80. The van der Waals surface area contributed by atoms with E-state index in [0.717, 1.165) is 17.7 Å². The molecule has 82 valence electrons.